The van der Waals surface area contributed by atoms with Gasteiger partial charge < -0.3 is 9.84 Å². The van der Waals surface area contributed by atoms with E-state index in [1.807, 2.05) is 66.7 Å². The van der Waals surface area contributed by atoms with E-state index in [9.17, 15) is 9.50 Å². The molecule has 2 heterocycles. The Bertz CT molecular complexity index is 1250. The van der Waals surface area contributed by atoms with Crippen LogP contribution in [0.4, 0.5) is 4.39 Å². The molecule has 1 unspecified atom stereocenters. The lowest BCUT2D eigenvalue weighted by Crippen LogP contribution is -2.01. The lowest BCUT2D eigenvalue weighted by molar-refractivity contribution is 0.218. The largest absolute Gasteiger partial charge is 0.488 e. The number of fused-ring (bicyclic) bond motifs is 3. The van der Waals surface area contributed by atoms with E-state index in [0.29, 0.717) is 17.9 Å². The van der Waals surface area contributed by atoms with E-state index < -0.39 is 6.10 Å². The van der Waals surface area contributed by atoms with Crippen LogP contribution in [0.25, 0.3) is 23.1 Å². The number of benzene rings is 3. The number of hydrogen-bond donors (Lipinski definition) is 1. The van der Waals surface area contributed by atoms with Crippen molar-refractivity contribution >= 4 is 23.1 Å². The van der Waals surface area contributed by atoms with Gasteiger partial charge in [-0.2, -0.15) is 0 Å². The summed E-state index contributed by atoms with van der Waals surface area (Å²) < 4.78 is 19.4. The summed E-state index contributed by atoms with van der Waals surface area (Å²) >= 11 is 0. The summed E-state index contributed by atoms with van der Waals surface area (Å²) in [6.45, 7) is 0.437. The molecule has 1 N–H and O–H groups in total. The lowest BCUT2D eigenvalue weighted by Gasteiger charge is -2.13. The number of aliphatic hydroxyl groups is 1. The van der Waals surface area contributed by atoms with Gasteiger partial charge in [-0.3, -0.25) is 0 Å². The topological polar surface area (TPSA) is 42.4 Å². The predicted molar refractivity (Wildman–Crippen MR) is 112 cm³/mol. The van der Waals surface area contributed by atoms with E-state index in [2.05, 4.69) is 4.98 Å². The molecule has 1 atom stereocenters. The first-order valence-corrected chi connectivity index (χ1v) is 9.44. The molecule has 0 aliphatic carbocycles. The predicted octanol–water partition coefficient (Wildman–Crippen LogP) is 5.52. The molecule has 3 nitrogen and oxygen atoms in total. The minimum absolute atomic E-state index is 0.300. The SMILES string of the molecule is OC1c2ccccc2COc2ccc(/C=C/c3ccc4ccc(F)cc4n3)cc21. The number of rotatable bonds is 2. The molecule has 1 aliphatic rings. The molecule has 29 heavy (non-hydrogen) atoms. The summed E-state index contributed by atoms with van der Waals surface area (Å²) in [6.07, 6.45) is 3.07. The fraction of sp³-hybridized carbons (Fsp3) is 0.0800. The summed E-state index contributed by atoms with van der Waals surface area (Å²) in [5.41, 5.74) is 4.87. The Kier molecular flexibility index (Phi) is 4.34. The van der Waals surface area contributed by atoms with Crippen molar-refractivity contribution in [3.05, 3.63) is 107 Å². The first-order chi connectivity index (χ1) is 14.2. The third-order valence-electron chi connectivity index (χ3n) is 5.18. The number of ether oxygens (including phenoxy) is 1. The van der Waals surface area contributed by atoms with Crippen molar-refractivity contribution in [2.75, 3.05) is 0 Å². The zero-order chi connectivity index (χ0) is 19.8. The van der Waals surface area contributed by atoms with E-state index in [1.54, 1.807) is 6.07 Å². The molecule has 0 saturated carbocycles. The molecule has 4 aromatic rings. The summed E-state index contributed by atoms with van der Waals surface area (Å²) in [5.74, 6) is 0.385. The summed E-state index contributed by atoms with van der Waals surface area (Å²) in [5, 5.41) is 11.8. The van der Waals surface area contributed by atoms with Crippen LogP contribution >= 0.6 is 0 Å². The van der Waals surface area contributed by atoms with Gasteiger partial charge in [0.15, 0.2) is 0 Å². The van der Waals surface area contributed by atoms with Crippen molar-refractivity contribution in [3.63, 3.8) is 0 Å². The number of nitrogens with zero attached hydrogens (tertiary/aromatic N) is 1. The molecule has 0 fully saturated rings. The second-order valence-electron chi connectivity index (χ2n) is 7.09. The smallest absolute Gasteiger partial charge is 0.126 e. The second-order valence-corrected chi connectivity index (χ2v) is 7.09. The normalized spacial score (nSPS) is 15.6. The minimum Gasteiger partial charge on any atom is -0.488 e. The molecular formula is C25H18FNO2. The molecule has 1 aliphatic heterocycles. The van der Waals surface area contributed by atoms with Gasteiger partial charge in [0.05, 0.1) is 11.2 Å². The minimum atomic E-state index is -0.737. The van der Waals surface area contributed by atoms with Crippen molar-refractivity contribution in [3.8, 4) is 5.75 Å². The molecule has 1 aromatic heterocycles. The van der Waals surface area contributed by atoms with Crippen LogP contribution in [0.5, 0.6) is 5.75 Å². The molecule has 142 valence electrons. The quantitative estimate of drug-likeness (QED) is 0.496. The van der Waals surface area contributed by atoms with Gasteiger partial charge in [-0.1, -0.05) is 42.5 Å². The van der Waals surface area contributed by atoms with Crippen LogP contribution in [0, 0.1) is 5.82 Å². The number of halogens is 1. The van der Waals surface area contributed by atoms with Gasteiger partial charge in [0.25, 0.3) is 0 Å². The highest BCUT2D eigenvalue weighted by molar-refractivity contribution is 5.81. The van der Waals surface area contributed by atoms with Gasteiger partial charge in [-0.25, -0.2) is 9.37 Å². The second kappa shape index (κ2) is 7.15. The van der Waals surface area contributed by atoms with Gasteiger partial charge in [0.1, 0.15) is 24.3 Å². The third kappa shape index (κ3) is 3.39. The molecule has 0 radical (unpaired) electrons. The van der Waals surface area contributed by atoms with Crippen LogP contribution < -0.4 is 4.74 Å². The molecule has 5 rings (SSSR count). The van der Waals surface area contributed by atoms with E-state index in [0.717, 1.165) is 33.3 Å². The van der Waals surface area contributed by atoms with Gasteiger partial charge in [-0.15, -0.1) is 0 Å². The fourth-order valence-electron chi connectivity index (χ4n) is 3.65. The molecule has 0 spiro atoms. The van der Waals surface area contributed by atoms with Crippen LogP contribution in [0.1, 0.15) is 34.1 Å². The Morgan fingerprint density at radius 3 is 2.72 bits per heavy atom. The van der Waals surface area contributed by atoms with Crippen LogP contribution in [0.3, 0.4) is 0 Å². The highest BCUT2D eigenvalue weighted by Crippen LogP contribution is 2.36. The summed E-state index contributed by atoms with van der Waals surface area (Å²) in [4.78, 5) is 4.50. The highest BCUT2D eigenvalue weighted by Gasteiger charge is 2.22. The fourth-order valence-corrected chi connectivity index (χ4v) is 3.65. The van der Waals surface area contributed by atoms with E-state index in [1.165, 1.54) is 12.1 Å². The van der Waals surface area contributed by atoms with Crippen molar-refractivity contribution in [2.45, 2.75) is 12.7 Å². The van der Waals surface area contributed by atoms with Crippen molar-refractivity contribution in [1.82, 2.24) is 4.98 Å². The van der Waals surface area contributed by atoms with Crippen LogP contribution in [0.15, 0.2) is 72.8 Å². The van der Waals surface area contributed by atoms with Gasteiger partial charge in [0, 0.05) is 17.0 Å². The Labute approximate surface area is 167 Å². The third-order valence-corrected chi connectivity index (χ3v) is 5.18. The molecule has 0 saturated heterocycles. The number of pyridine rings is 1. The maximum Gasteiger partial charge on any atom is 0.126 e. The Hall–Kier alpha value is -3.50. The van der Waals surface area contributed by atoms with E-state index in [-0.39, 0.29) is 5.82 Å². The Morgan fingerprint density at radius 2 is 1.79 bits per heavy atom. The lowest BCUT2D eigenvalue weighted by atomic mass is 9.96. The first-order valence-electron chi connectivity index (χ1n) is 9.44. The van der Waals surface area contributed by atoms with Gasteiger partial charge in [0.2, 0.25) is 0 Å². The molecule has 0 bridgehead atoms. The number of aliphatic hydroxyl groups excluding tert-OH is 1. The van der Waals surface area contributed by atoms with Crippen LogP contribution in [0.2, 0.25) is 0 Å². The molecule has 4 heteroatoms. The van der Waals surface area contributed by atoms with Crippen molar-refractivity contribution in [2.24, 2.45) is 0 Å². The monoisotopic (exact) mass is 383 g/mol. The highest BCUT2D eigenvalue weighted by atomic mass is 19.1. The van der Waals surface area contributed by atoms with Crippen molar-refractivity contribution < 1.29 is 14.2 Å². The van der Waals surface area contributed by atoms with Crippen molar-refractivity contribution in [1.29, 1.82) is 0 Å². The Morgan fingerprint density at radius 1 is 0.931 bits per heavy atom. The standard InChI is InChI=1S/C25H18FNO2/c26-19-9-7-17-8-11-20(27-23(17)14-19)10-5-16-6-12-24-22(13-16)25(28)21-4-2-1-3-18(21)15-29-24/h1-14,25,28H,15H2/b10-5+. The average Bonchev–Trinajstić information content (AvgIpc) is 2.89. The molecule has 0 amide bonds. The molecular weight excluding hydrogens is 365 g/mol. The summed E-state index contributed by atoms with van der Waals surface area (Å²) in [6, 6.07) is 21.9. The van der Waals surface area contributed by atoms with Gasteiger partial charge >= 0.3 is 0 Å². The van der Waals surface area contributed by atoms with E-state index >= 15 is 0 Å². The summed E-state index contributed by atoms with van der Waals surface area (Å²) in [7, 11) is 0. The maximum atomic E-state index is 13.5. The first kappa shape index (κ1) is 17.6. The van der Waals surface area contributed by atoms with Crippen LogP contribution in [-0.2, 0) is 6.61 Å². The van der Waals surface area contributed by atoms with E-state index in [4.69, 9.17) is 4.74 Å². The number of hydrogen-bond acceptors (Lipinski definition) is 3. The Balaban J connectivity index is 1.48. The zero-order valence-corrected chi connectivity index (χ0v) is 15.5. The average molecular weight is 383 g/mol. The van der Waals surface area contributed by atoms with Crippen LogP contribution in [-0.4, -0.2) is 10.1 Å². The van der Waals surface area contributed by atoms with Gasteiger partial charge in [-0.05, 0) is 53.1 Å². The number of aromatic nitrogens is 1. The zero-order valence-electron chi connectivity index (χ0n) is 15.5. The molecule has 3 aromatic carbocycles. The maximum absolute atomic E-state index is 13.5.